The number of hydrogen-bond donors (Lipinski definition) is 1. The summed E-state index contributed by atoms with van der Waals surface area (Å²) in [5, 5.41) is 7.99. The number of anilines is 1. The van der Waals surface area contributed by atoms with Crippen LogP contribution in [-0.2, 0) is 20.1 Å². The van der Waals surface area contributed by atoms with Crippen molar-refractivity contribution in [1.82, 2.24) is 20.1 Å². The summed E-state index contributed by atoms with van der Waals surface area (Å²) in [6.45, 7) is 6.00. The SMILES string of the molecule is CC(C)c1nn(C)cc1CNCc1ccc(N(C)C)nc1. The van der Waals surface area contributed by atoms with Gasteiger partial charge in [-0.05, 0) is 17.5 Å². The summed E-state index contributed by atoms with van der Waals surface area (Å²) in [7, 11) is 5.96. The second-order valence-corrected chi connectivity index (χ2v) is 5.89. The van der Waals surface area contributed by atoms with Crippen molar-refractivity contribution in [3.8, 4) is 0 Å². The van der Waals surface area contributed by atoms with Gasteiger partial charge in [0.15, 0.2) is 0 Å². The lowest BCUT2D eigenvalue weighted by molar-refractivity contribution is 0.676. The highest BCUT2D eigenvalue weighted by Gasteiger charge is 2.10. The molecule has 0 spiro atoms. The minimum Gasteiger partial charge on any atom is -0.363 e. The maximum absolute atomic E-state index is 4.53. The summed E-state index contributed by atoms with van der Waals surface area (Å²) in [5.74, 6) is 1.43. The molecule has 0 aliphatic rings. The molecule has 0 saturated carbocycles. The Morgan fingerprint density at radius 3 is 2.57 bits per heavy atom. The van der Waals surface area contributed by atoms with E-state index in [1.807, 2.05) is 43.0 Å². The van der Waals surface area contributed by atoms with Crippen LogP contribution in [0.25, 0.3) is 0 Å². The van der Waals surface area contributed by atoms with Crippen molar-refractivity contribution in [2.75, 3.05) is 19.0 Å². The summed E-state index contributed by atoms with van der Waals surface area (Å²) >= 11 is 0. The van der Waals surface area contributed by atoms with Crippen molar-refractivity contribution in [2.24, 2.45) is 7.05 Å². The Morgan fingerprint density at radius 1 is 1.24 bits per heavy atom. The first-order chi connectivity index (χ1) is 9.97. The monoisotopic (exact) mass is 287 g/mol. The van der Waals surface area contributed by atoms with Gasteiger partial charge in [0.25, 0.3) is 0 Å². The molecule has 21 heavy (non-hydrogen) atoms. The fourth-order valence-corrected chi connectivity index (χ4v) is 2.30. The van der Waals surface area contributed by atoms with Crippen LogP contribution in [0.15, 0.2) is 24.5 Å². The molecule has 0 saturated heterocycles. The first-order valence-electron chi connectivity index (χ1n) is 7.32. The Morgan fingerprint density at radius 2 is 2.00 bits per heavy atom. The van der Waals surface area contributed by atoms with E-state index in [0.717, 1.165) is 18.9 Å². The molecule has 0 atom stereocenters. The highest BCUT2D eigenvalue weighted by molar-refractivity contribution is 5.37. The minimum absolute atomic E-state index is 0.448. The predicted molar refractivity (Wildman–Crippen MR) is 86.4 cm³/mol. The number of nitrogens with one attached hydrogen (secondary N) is 1. The summed E-state index contributed by atoms with van der Waals surface area (Å²) in [6, 6.07) is 4.16. The average Bonchev–Trinajstić information content (AvgIpc) is 2.81. The van der Waals surface area contributed by atoms with Crippen LogP contribution < -0.4 is 10.2 Å². The lowest BCUT2D eigenvalue weighted by atomic mass is 10.1. The molecule has 0 fully saturated rings. The third kappa shape index (κ3) is 4.04. The second-order valence-electron chi connectivity index (χ2n) is 5.89. The third-order valence-electron chi connectivity index (χ3n) is 3.40. The maximum atomic E-state index is 4.53. The van der Waals surface area contributed by atoms with E-state index in [2.05, 4.69) is 41.5 Å². The molecule has 0 aliphatic heterocycles. The molecule has 0 amide bonds. The third-order valence-corrected chi connectivity index (χ3v) is 3.40. The Bertz CT molecular complexity index is 569. The molecule has 2 heterocycles. The summed E-state index contributed by atoms with van der Waals surface area (Å²) in [5.41, 5.74) is 3.63. The van der Waals surface area contributed by atoms with Crippen molar-refractivity contribution in [3.05, 3.63) is 41.3 Å². The molecular weight excluding hydrogens is 262 g/mol. The van der Waals surface area contributed by atoms with E-state index in [1.165, 1.54) is 16.8 Å². The lowest BCUT2D eigenvalue weighted by Gasteiger charge is -2.11. The van der Waals surface area contributed by atoms with E-state index in [0.29, 0.717) is 5.92 Å². The summed E-state index contributed by atoms with van der Waals surface area (Å²) in [4.78, 5) is 6.42. The molecule has 5 heteroatoms. The molecule has 0 unspecified atom stereocenters. The normalized spacial score (nSPS) is 11.1. The van der Waals surface area contributed by atoms with Gasteiger partial charge in [-0.15, -0.1) is 0 Å². The number of pyridine rings is 1. The van der Waals surface area contributed by atoms with Gasteiger partial charge in [0.1, 0.15) is 5.82 Å². The predicted octanol–water partition coefficient (Wildman–Crippen LogP) is 2.29. The highest BCUT2D eigenvalue weighted by Crippen LogP contribution is 2.17. The van der Waals surface area contributed by atoms with E-state index >= 15 is 0 Å². The first-order valence-corrected chi connectivity index (χ1v) is 7.32. The summed E-state index contributed by atoms with van der Waals surface area (Å²) in [6.07, 6.45) is 4.02. The Balaban J connectivity index is 1.92. The van der Waals surface area contributed by atoms with Crippen molar-refractivity contribution in [1.29, 1.82) is 0 Å². The van der Waals surface area contributed by atoms with Gasteiger partial charge in [0.2, 0.25) is 0 Å². The zero-order valence-electron chi connectivity index (χ0n) is 13.6. The van der Waals surface area contributed by atoms with Gasteiger partial charge in [-0.2, -0.15) is 5.10 Å². The number of hydrogen-bond acceptors (Lipinski definition) is 4. The highest BCUT2D eigenvalue weighted by atomic mass is 15.3. The quantitative estimate of drug-likeness (QED) is 0.885. The van der Waals surface area contributed by atoms with Crippen LogP contribution in [0.5, 0.6) is 0 Å². The molecule has 0 aromatic carbocycles. The van der Waals surface area contributed by atoms with Crippen molar-refractivity contribution >= 4 is 5.82 Å². The Hall–Kier alpha value is -1.88. The summed E-state index contributed by atoms with van der Waals surface area (Å²) < 4.78 is 1.89. The fourth-order valence-electron chi connectivity index (χ4n) is 2.30. The number of rotatable bonds is 6. The molecular formula is C16H25N5. The van der Waals surface area contributed by atoms with E-state index in [4.69, 9.17) is 0 Å². The van der Waals surface area contributed by atoms with Crippen molar-refractivity contribution in [2.45, 2.75) is 32.9 Å². The number of aromatic nitrogens is 3. The van der Waals surface area contributed by atoms with Crippen LogP contribution >= 0.6 is 0 Å². The van der Waals surface area contributed by atoms with Crippen LogP contribution in [0.3, 0.4) is 0 Å². The lowest BCUT2D eigenvalue weighted by Crippen LogP contribution is -2.15. The van der Waals surface area contributed by atoms with Crippen molar-refractivity contribution in [3.63, 3.8) is 0 Å². The van der Waals surface area contributed by atoms with Gasteiger partial charge in [0.05, 0.1) is 5.69 Å². The number of aryl methyl sites for hydroxylation is 1. The van der Waals surface area contributed by atoms with Gasteiger partial charge in [0, 0.05) is 52.2 Å². The first kappa shape index (κ1) is 15.5. The van der Waals surface area contributed by atoms with E-state index in [-0.39, 0.29) is 0 Å². The molecule has 0 bridgehead atoms. The van der Waals surface area contributed by atoms with Gasteiger partial charge < -0.3 is 10.2 Å². The van der Waals surface area contributed by atoms with Gasteiger partial charge in [-0.1, -0.05) is 19.9 Å². The van der Waals surface area contributed by atoms with E-state index in [1.54, 1.807) is 0 Å². The molecule has 2 aromatic heterocycles. The maximum Gasteiger partial charge on any atom is 0.127 e. The fraction of sp³-hybridized carbons (Fsp3) is 0.500. The van der Waals surface area contributed by atoms with E-state index < -0.39 is 0 Å². The molecule has 0 radical (unpaired) electrons. The van der Waals surface area contributed by atoms with Crippen LogP contribution in [0, 0.1) is 0 Å². The topological polar surface area (TPSA) is 46.0 Å². The smallest absolute Gasteiger partial charge is 0.127 e. The van der Waals surface area contributed by atoms with Gasteiger partial charge >= 0.3 is 0 Å². The molecule has 2 rings (SSSR count). The van der Waals surface area contributed by atoms with Gasteiger partial charge in [-0.3, -0.25) is 4.68 Å². The zero-order chi connectivity index (χ0) is 15.4. The van der Waals surface area contributed by atoms with Gasteiger partial charge in [-0.25, -0.2) is 4.98 Å². The Labute approximate surface area is 127 Å². The molecule has 0 aliphatic carbocycles. The Kier molecular flexibility index (Phi) is 4.96. The van der Waals surface area contributed by atoms with Crippen LogP contribution in [0.2, 0.25) is 0 Å². The standard InChI is InChI=1S/C16H25N5/c1-12(2)16-14(11-21(5)19-16)10-17-8-13-6-7-15(18-9-13)20(3)4/h6-7,9,11-12,17H,8,10H2,1-5H3. The molecule has 114 valence electrons. The zero-order valence-corrected chi connectivity index (χ0v) is 13.6. The number of nitrogens with zero attached hydrogens (tertiary/aromatic N) is 4. The minimum atomic E-state index is 0.448. The van der Waals surface area contributed by atoms with Crippen molar-refractivity contribution < 1.29 is 0 Å². The van der Waals surface area contributed by atoms with Crippen LogP contribution in [0.1, 0.15) is 36.6 Å². The molecule has 1 N–H and O–H groups in total. The molecule has 2 aromatic rings. The molecule has 5 nitrogen and oxygen atoms in total. The van der Waals surface area contributed by atoms with Crippen LogP contribution in [-0.4, -0.2) is 28.9 Å². The largest absolute Gasteiger partial charge is 0.363 e. The second kappa shape index (κ2) is 6.72. The van der Waals surface area contributed by atoms with Crippen LogP contribution in [0.4, 0.5) is 5.82 Å². The van der Waals surface area contributed by atoms with E-state index in [9.17, 15) is 0 Å². The average molecular weight is 287 g/mol.